The Balaban J connectivity index is 2.36. The van der Waals surface area contributed by atoms with E-state index in [0.717, 1.165) is 24.8 Å². The van der Waals surface area contributed by atoms with Gasteiger partial charge in [0.1, 0.15) is 0 Å². The van der Waals surface area contributed by atoms with Crippen LogP contribution >= 0.6 is 0 Å². The molecule has 2 unspecified atom stereocenters. The van der Waals surface area contributed by atoms with Crippen LogP contribution in [0.5, 0.6) is 0 Å². The first-order chi connectivity index (χ1) is 8.96. The Bertz CT molecular complexity index is 540. The fourth-order valence-corrected chi connectivity index (χ4v) is 4.45. The molecular formula is C14H22N2O2S. The van der Waals surface area contributed by atoms with Crippen molar-refractivity contribution in [2.45, 2.75) is 50.1 Å². The zero-order valence-electron chi connectivity index (χ0n) is 11.5. The molecule has 5 heteroatoms. The molecule has 1 aromatic rings. The lowest BCUT2D eigenvalue weighted by Crippen LogP contribution is -2.35. The molecule has 0 spiro atoms. The van der Waals surface area contributed by atoms with Crippen LogP contribution in [0.15, 0.2) is 29.2 Å². The second kappa shape index (κ2) is 5.61. The third-order valence-corrected chi connectivity index (χ3v) is 5.73. The number of benzene rings is 1. The van der Waals surface area contributed by atoms with Crippen LogP contribution in [-0.4, -0.2) is 25.3 Å². The van der Waals surface area contributed by atoms with E-state index in [1.165, 1.54) is 0 Å². The largest absolute Gasteiger partial charge is 0.324 e. The molecule has 1 aliphatic heterocycles. The van der Waals surface area contributed by atoms with Crippen molar-refractivity contribution in [1.82, 2.24) is 4.31 Å². The van der Waals surface area contributed by atoms with Crippen LogP contribution in [0.2, 0.25) is 0 Å². The van der Waals surface area contributed by atoms with Gasteiger partial charge in [-0.25, -0.2) is 8.42 Å². The molecule has 2 rings (SSSR count). The van der Waals surface area contributed by atoms with Crippen LogP contribution < -0.4 is 5.73 Å². The van der Waals surface area contributed by atoms with E-state index >= 15 is 0 Å². The molecule has 4 nitrogen and oxygen atoms in total. The molecular weight excluding hydrogens is 260 g/mol. The van der Waals surface area contributed by atoms with Crippen LogP contribution in [0.3, 0.4) is 0 Å². The molecule has 0 radical (unpaired) electrons. The Morgan fingerprint density at radius 2 is 2.21 bits per heavy atom. The standard InChI is InChI=1S/C14H22N2O2S/c1-3-13-7-5-9-16(13)19(17,18)14-8-4-6-12(10-14)11(2)15/h4,6,8,10-11,13H,3,5,7,9,15H2,1-2H3. The molecule has 1 aromatic carbocycles. The number of rotatable bonds is 4. The zero-order valence-corrected chi connectivity index (χ0v) is 12.4. The molecule has 0 amide bonds. The molecule has 19 heavy (non-hydrogen) atoms. The highest BCUT2D eigenvalue weighted by Gasteiger charge is 2.34. The van der Waals surface area contributed by atoms with Gasteiger partial charge in [-0.15, -0.1) is 0 Å². The molecule has 0 aromatic heterocycles. The van der Waals surface area contributed by atoms with Gasteiger partial charge in [0.15, 0.2) is 0 Å². The maximum absolute atomic E-state index is 12.7. The van der Waals surface area contributed by atoms with Crippen molar-refractivity contribution in [2.24, 2.45) is 5.73 Å². The minimum absolute atomic E-state index is 0.143. The monoisotopic (exact) mass is 282 g/mol. The van der Waals surface area contributed by atoms with Crippen molar-refractivity contribution in [3.63, 3.8) is 0 Å². The van der Waals surface area contributed by atoms with Crippen molar-refractivity contribution < 1.29 is 8.42 Å². The van der Waals surface area contributed by atoms with Crippen LogP contribution in [0, 0.1) is 0 Å². The van der Waals surface area contributed by atoms with Gasteiger partial charge < -0.3 is 5.73 Å². The van der Waals surface area contributed by atoms with E-state index in [9.17, 15) is 8.42 Å². The first-order valence-corrected chi connectivity index (χ1v) is 8.28. The fourth-order valence-electron chi connectivity index (χ4n) is 2.63. The van der Waals surface area contributed by atoms with E-state index < -0.39 is 10.0 Å². The predicted molar refractivity (Wildman–Crippen MR) is 76.2 cm³/mol. The second-order valence-corrected chi connectivity index (χ2v) is 7.07. The lowest BCUT2D eigenvalue weighted by Gasteiger charge is -2.23. The predicted octanol–water partition coefficient (Wildman–Crippen LogP) is 2.27. The summed E-state index contributed by atoms with van der Waals surface area (Å²) in [6.07, 6.45) is 2.78. The van der Waals surface area contributed by atoms with Gasteiger partial charge in [-0.2, -0.15) is 4.31 Å². The average Bonchev–Trinajstić information content (AvgIpc) is 2.88. The number of hydrogen-bond donors (Lipinski definition) is 1. The lowest BCUT2D eigenvalue weighted by atomic mass is 10.1. The minimum atomic E-state index is -3.38. The zero-order chi connectivity index (χ0) is 14.0. The Labute approximate surface area is 115 Å². The Hall–Kier alpha value is -0.910. The molecule has 0 bridgehead atoms. The molecule has 1 saturated heterocycles. The molecule has 1 aliphatic rings. The van der Waals surface area contributed by atoms with E-state index in [-0.39, 0.29) is 12.1 Å². The summed E-state index contributed by atoms with van der Waals surface area (Å²) in [6.45, 7) is 4.52. The van der Waals surface area contributed by atoms with E-state index in [4.69, 9.17) is 5.73 Å². The minimum Gasteiger partial charge on any atom is -0.324 e. The first-order valence-electron chi connectivity index (χ1n) is 6.84. The van der Waals surface area contributed by atoms with Crippen LogP contribution in [0.4, 0.5) is 0 Å². The summed E-state index contributed by atoms with van der Waals surface area (Å²) in [5.74, 6) is 0. The average molecular weight is 282 g/mol. The number of nitrogens with two attached hydrogens (primary N) is 1. The third-order valence-electron chi connectivity index (χ3n) is 3.78. The highest BCUT2D eigenvalue weighted by atomic mass is 32.2. The molecule has 0 aliphatic carbocycles. The third kappa shape index (κ3) is 2.83. The Morgan fingerprint density at radius 1 is 1.47 bits per heavy atom. The maximum atomic E-state index is 12.7. The van der Waals surface area contributed by atoms with Crippen molar-refractivity contribution in [3.05, 3.63) is 29.8 Å². The summed E-state index contributed by atoms with van der Waals surface area (Å²) in [6, 6.07) is 6.98. The van der Waals surface area contributed by atoms with E-state index in [1.807, 2.05) is 19.9 Å². The van der Waals surface area contributed by atoms with E-state index in [0.29, 0.717) is 11.4 Å². The van der Waals surface area contributed by atoms with Crippen molar-refractivity contribution in [2.75, 3.05) is 6.54 Å². The van der Waals surface area contributed by atoms with E-state index in [2.05, 4.69) is 0 Å². The molecule has 0 saturated carbocycles. The van der Waals surface area contributed by atoms with Crippen LogP contribution in [0.1, 0.15) is 44.7 Å². The van der Waals surface area contributed by atoms with Crippen molar-refractivity contribution >= 4 is 10.0 Å². The summed E-state index contributed by atoms with van der Waals surface area (Å²) in [5, 5.41) is 0. The Morgan fingerprint density at radius 3 is 2.84 bits per heavy atom. The lowest BCUT2D eigenvalue weighted by molar-refractivity contribution is 0.379. The molecule has 1 heterocycles. The summed E-state index contributed by atoms with van der Waals surface area (Å²) in [7, 11) is -3.38. The van der Waals surface area contributed by atoms with Gasteiger partial charge in [-0.1, -0.05) is 19.1 Å². The topological polar surface area (TPSA) is 63.4 Å². The summed E-state index contributed by atoms with van der Waals surface area (Å²) >= 11 is 0. The summed E-state index contributed by atoms with van der Waals surface area (Å²) in [4.78, 5) is 0.364. The molecule has 2 atom stereocenters. The summed E-state index contributed by atoms with van der Waals surface area (Å²) < 4.78 is 27.0. The smallest absolute Gasteiger partial charge is 0.243 e. The highest BCUT2D eigenvalue weighted by Crippen LogP contribution is 2.28. The van der Waals surface area contributed by atoms with Crippen LogP contribution in [-0.2, 0) is 10.0 Å². The normalized spacial score (nSPS) is 22.6. The van der Waals surface area contributed by atoms with Crippen LogP contribution in [0.25, 0.3) is 0 Å². The summed E-state index contributed by atoms with van der Waals surface area (Å²) in [5.41, 5.74) is 6.68. The molecule has 1 fully saturated rings. The SMILES string of the molecule is CCC1CCCN1S(=O)(=O)c1cccc(C(C)N)c1. The van der Waals surface area contributed by atoms with Gasteiger partial charge in [0.25, 0.3) is 0 Å². The maximum Gasteiger partial charge on any atom is 0.243 e. The highest BCUT2D eigenvalue weighted by molar-refractivity contribution is 7.89. The molecule has 2 N–H and O–H groups in total. The van der Waals surface area contributed by atoms with Crippen molar-refractivity contribution in [1.29, 1.82) is 0 Å². The van der Waals surface area contributed by atoms with Crippen molar-refractivity contribution in [3.8, 4) is 0 Å². The number of hydrogen-bond acceptors (Lipinski definition) is 3. The second-order valence-electron chi connectivity index (χ2n) is 5.18. The van der Waals surface area contributed by atoms with Gasteiger partial charge >= 0.3 is 0 Å². The Kier molecular flexibility index (Phi) is 4.28. The molecule has 106 valence electrons. The van der Waals surface area contributed by atoms with Gasteiger partial charge in [0.05, 0.1) is 4.90 Å². The number of sulfonamides is 1. The number of nitrogens with zero attached hydrogens (tertiary/aromatic N) is 1. The van der Waals surface area contributed by atoms with Gasteiger partial charge in [0, 0.05) is 18.6 Å². The van der Waals surface area contributed by atoms with Gasteiger partial charge in [0.2, 0.25) is 10.0 Å². The van der Waals surface area contributed by atoms with Gasteiger partial charge in [-0.3, -0.25) is 0 Å². The first kappa shape index (κ1) is 14.5. The fraction of sp³-hybridized carbons (Fsp3) is 0.571. The van der Waals surface area contributed by atoms with Gasteiger partial charge in [-0.05, 0) is 43.9 Å². The quantitative estimate of drug-likeness (QED) is 0.921. The van der Waals surface area contributed by atoms with E-state index in [1.54, 1.807) is 22.5 Å².